The largest absolute Gasteiger partial charge is 0.240 e. The molecule has 0 saturated heterocycles. The molecule has 1 rings (SSSR count). The Morgan fingerprint density at radius 3 is 2.62 bits per heavy atom. The molecule has 2 atom stereocenters. The second-order valence-corrected chi connectivity index (χ2v) is 5.13. The monoisotopic (exact) mass is 284 g/mol. The smallest absolute Gasteiger partial charge is 0.211 e. The molecule has 0 aromatic carbocycles. The predicted octanol–water partition coefficient (Wildman–Crippen LogP) is 3.99. The van der Waals surface area contributed by atoms with Crippen molar-refractivity contribution < 1.29 is 9.59 Å². The molecule has 4 heteroatoms. The normalized spacial score (nSPS) is 22.7. The van der Waals surface area contributed by atoms with E-state index < -0.39 is 0 Å². The third kappa shape index (κ3) is 4.64. The van der Waals surface area contributed by atoms with Crippen molar-refractivity contribution in [3.05, 3.63) is 46.8 Å². The number of rotatable bonds is 5. The fourth-order valence-corrected chi connectivity index (χ4v) is 2.37. The molecule has 0 N–H and O–H groups in total. The molecule has 21 heavy (non-hydrogen) atoms. The van der Waals surface area contributed by atoms with Crippen LogP contribution in [0.25, 0.3) is 0 Å². The Bertz CT molecular complexity index is 611. The number of aliphatic imine (C=N–C) groups is 2. The van der Waals surface area contributed by atoms with Gasteiger partial charge in [-0.25, -0.2) is 9.59 Å². The molecule has 0 bridgehead atoms. The van der Waals surface area contributed by atoms with Gasteiger partial charge in [-0.2, -0.15) is 9.98 Å². The van der Waals surface area contributed by atoms with E-state index in [-0.39, 0.29) is 5.92 Å². The lowest BCUT2D eigenvalue weighted by molar-refractivity contribution is 0.503. The van der Waals surface area contributed by atoms with Crippen molar-refractivity contribution in [3.8, 4) is 0 Å². The van der Waals surface area contributed by atoms with Crippen molar-refractivity contribution in [2.45, 2.75) is 34.1 Å². The molecule has 0 aromatic rings. The van der Waals surface area contributed by atoms with Gasteiger partial charge in [-0.05, 0) is 50.2 Å². The zero-order valence-electron chi connectivity index (χ0n) is 12.9. The number of hydrogen-bond acceptors (Lipinski definition) is 4. The molecular formula is C17H20N2O2. The number of hydrogen-bond donors (Lipinski definition) is 0. The minimum Gasteiger partial charge on any atom is -0.211 e. The molecule has 110 valence electrons. The Labute approximate surface area is 125 Å². The summed E-state index contributed by atoms with van der Waals surface area (Å²) in [5.74, 6) is 0.623. The fourth-order valence-electron chi connectivity index (χ4n) is 2.37. The first-order valence-corrected chi connectivity index (χ1v) is 6.93. The summed E-state index contributed by atoms with van der Waals surface area (Å²) in [7, 11) is 0. The molecule has 0 fully saturated rings. The summed E-state index contributed by atoms with van der Waals surface area (Å²) >= 11 is 0. The van der Waals surface area contributed by atoms with Gasteiger partial charge in [0.2, 0.25) is 12.2 Å². The molecular weight excluding hydrogens is 264 g/mol. The van der Waals surface area contributed by atoms with Crippen LogP contribution in [0.4, 0.5) is 0 Å². The first-order valence-electron chi connectivity index (χ1n) is 6.93. The van der Waals surface area contributed by atoms with E-state index >= 15 is 0 Å². The summed E-state index contributed by atoms with van der Waals surface area (Å²) in [6.45, 7) is 7.80. The third-order valence-corrected chi connectivity index (χ3v) is 3.67. The van der Waals surface area contributed by atoms with E-state index in [1.54, 1.807) is 18.2 Å². The molecule has 4 nitrogen and oxygen atoms in total. The van der Waals surface area contributed by atoms with Gasteiger partial charge in [-0.1, -0.05) is 31.2 Å². The second kappa shape index (κ2) is 8.11. The van der Waals surface area contributed by atoms with E-state index in [9.17, 15) is 9.59 Å². The van der Waals surface area contributed by atoms with Crippen molar-refractivity contribution >= 4 is 12.2 Å². The summed E-state index contributed by atoms with van der Waals surface area (Å²) in [5, 5.41) is 0. The average Bonchev–Trinajstić information content (AvgIpc) is 2.46. The van der Waals surface area contributed by atoms with Gasteiger partial charge >= 0.3 is 0 Å². The summed E-state index contributed by atoms with van der Waals surface area (Å²) in [6, 6.07) is 0. The third-order valence-electron chi connectivity index (χ3n) is 3.67. The molecule has 0 spiro atoms. The lowest BCUT2D eigenvalue weighted by atomic mass is 9.83. The maximum Gasteiger partial charge on any atom is 0.240 e. The minimum atomic E-state index is 0.286. The van der Waals surface area contributed by atoms with Gasteiger partial charge in [-0.3, -0.25) is 0 Å². The highest BCUT2D eigenvalue weighted by Gasteiger charge is 2.19. The number of allylic oxidation sites excluding steroid dienone is 6. The highest BCUT2D eigenvalue weighted by Crippen LogP contribution is 2.31. The molecule has 0 aromatic heterocycles. The van der Waals surface area contributed by atoms with Crippen LogP contribution in [0.1, 0.15) is 34.1 Å². The fraction of sp³-hybridized carbons (Fsp3) is 0.412. The molecule has 0 radical (unpaired) electrons. The minimum absolute atomic E-state index is 0.286. The van der Waals surface area contributed by atoms with E-state index in [0.717, 1.165) is 17.6 Å². The Morgan fingerprint density at radius 1 is 1.33 bits per heavy atom. The van der Waals surface area contributed by atoms with Crippen LogP contribution in [0.3, 0.4) is 0 Å². The second-order valence-electron chi connectivity index (χ2n) is 5.13. The summed E-state index contributed by atoms with van der Waals surface area (Å²) in [6.07, 6.45) is 12.0. The van der Waals surface area contributed by atoms with Gasteiger partial charge in [0, 0.05) is 0 Å². The van der Waals surface area contributed by atoms with Crippen molar-refractivity contribution in [3.63, 3.8) is 0 Å². The molecule has 1 aliphatic rings. The molecule has 2 unspecified atom stereocenters. The topological polar surface area (TPSA) is 58.9 Å². The summed E-state index contributed by atoms with van der Waals surface area (Å²) in [5.41, 5.74) is 3.30. The van der Waals surface area contributed by atoms with E-state index in [4.69, 9.17) is 0 Å². The summed E-state index contributed by atoms with van der Waals surface area (Å²) < 4.78 is 0. The quantitative estimate of drug-likeness (QED) is 0.435. The highest BCUT2D eigenvalue weighted by molar-refractivity contribution is 5.44. The van der Waals surface area contributed by atoms with Gasteiger partial charge in [0.1, 0.15) is 0 Å². The first kappa shape index (κ1) is 16.8. The SMILES string of the molecule is C/C=C(N=C=O)\C(C)=C/CC1C=C(C)C(N=C=O)=CC1C. The van der Waals surface area contributed by atoms with Crippen LogP contribution < -0.4 is 0 Å². The van der Waals surface area contributed by atoms with E-state index in [2.05, 4.69) is 29.1 Å². The Balaban J connectivity index is 2.87. The number of isocyanates is 2. The maximum absolute atomic E-state index is 10.4. The summed E-state index contributed by atoms with van der Waals surface area (Å²) in [4.78, 5) is 28.1. The molecule has 0 heterocycles. The van der Waals surface area contributed by atoms with Crippen LogP contribution in [0.15, 0.2) is 56.8 Å². The van der Waals surface area contributed by atoms with Crippen LogP contribution >= 0.6 is 0 Å². The van der Waals surface area contributed by atoms with Crippen LogP contribution in [-0.4, -0.2) is 12.2 Å². The van der Waals surface area contributed by atoms with Crippen LogP contribution in [-0.2, 0) is 9.59 Å². The molecule has 0 amide bonds. The van der Waals surface area contributed by atoms with Gasteiger partial charge < -0.3 is 0 Å². The van der Waals surface area contributed by atoms with Crippen LogP contribution in [0, 0.1) is 11.8 Å². The van der Waals surface area contributed by atoms with Crippen molar-refractivity contribution in [1.29, 1.82) is 0 Å². The predicted molar refractivity (Wildman–Crippen MR) is 82.9 cm³/mol. The lowest BCUT2D eigenvalue weighted by Gasteiger charge is -2.23. The zero-order chi connectivity index (χ0) is 15.8. The standard InChI is InChI=1S/C17H20N2O2/c1-5-16(18-10-20)12(2)6-7-15-8-14(4)17(19-11-21)9-13(15)3/h5-6,8-9,13,15H,7H2,1-4H3/b12-6-,16-5+. The number of carbonyl (C=O) groups excluding carboxylic acids is 2. The molecule has 0 aliphatic heterocycles. The van der Waals surface area contributed by atoms with Crippen molar-refractivity contribution in [2.24, 2.45) is 21.8 Å². The van der Waals surface area contributed by atoms with E-state index in [0.29, 0.717) is 17.3 Å². The van der Waals surface area contributed by atoms with Gasteiger partial charge in [0.15, 0.2) is 0 Å². The van der Waals surface area contributed by atoms with Crippen molar-refractivity contribution in [1.82, 2.24) is 0 Å². The van der Waals surface area contributed by atoms with Crippen LogP contribution in [0.5, 0.6) is 0 Å². The van der Waals surface area contributed by atoms with Crippen molar-refractivity contribution in [2.75, 3.05) is 0 Å². The molecule has 1 aliphatic carbocycles. The van der Waals surface area contributed by atoms with Gasteiger partial charge in [0.25, 0.3) is 0 Å². The van der Waals surface area contributed by atoms with Crippen LogP contribution in [0.2, 0.25) is 0 Å². The average molecular weight is 284 g/mol. The Kier molecular flexibility index (Phi) is 6.48. The zero-order valence-corrected chi connectivity index (χ0v) is 12.9. The number of nitrogens with zero attached hydrogens (tertiary/aromatic N) is 2. The lowest BCUT2D eigenvalue weighted by Crippen LogP contribution is -2.12. The molecule has 0 saturated carbocycles. The van der Waals surface area contributed by atoms with E-state index in [1.165, 1.54) is 0 Å². The Morgan fingerprint density at radius 2 is 2.05 bits per heavy atom. The highest BCUT2D eigenvalue weighted by atomic mass is 16.1. The Hall–Kier alpha value is -2.28. The maximum atomic E-state index is 10.4. The first-order chi connectivity index (χ1) is 10.0. The van der Waals surface area contributed by atoms with Gasteiger partial charge in [-0.15, -0.1) is 0 Å². The van der Waals surface area contributed by atoms with Gasteiger partial charge in [0.05, 0.1) is 11.4 Å². The van der Waals surface area contributed by atoms with E-state index in [1.807, 2.05) is 26.8 Å².